The molecule has 0 saturated heterocycles. The first-order valence-corrected chi connectivity index (χ1v) is 4.47. The lowest BCUT2D eigenvalue weighted by atomic mass is 10.3. The van der Waals surface area contributed by atoms with Crippen LogP contribution in [-0.4, -0.2) is 29.3 Å². The van der Waals surface area contributed by atoms with Crippen molar-refractivity contribution >= 4 is 28.5 Å². The Morgan fingerprint density at radius 2 is 2.11 bits per heavy atom. The first kappa shape index (κ1) is 9.20. The molecule has 0 aliphatic carbocycles. The molecule has 0 bridgehead atoms. The van der Waals surface area contributed by atoms with E-state index in [2.05, 4.69) is 22.6 Å². The summed E-state index contributed by atoms with van der Waals surface area (Å²) in [4.78, 5) is 12.5. The Labute approximate surface area is 69.7 Å². The number of alkyl halides is 1. The predicted octanol–water partition coefficient (Wildman–Crippen LogP) is 1.29. The van der Waals surface area contributed by atoms with E-state index < -0.39 is 0 Å². The fraction of sp³-hybridized carbons (Fsp3) is 0.833. The van der Waals surface area contributed by atoms with E-state index in [4.69, 9.17) is 0 Å². The van der Waals surface area contributed by atoms with Crippen LogP contribution in [0.5, 0.6) is 0 Å². The maximum absolute atomic E-state index is 10.8. The Morgan fingerprint density at radius 3 is 2.44 bits per heavy atom. The molecule has 0 fully saturated rings. The van der Waals surface area contributed by atoms with E-state index >= 15 is 0 Å². The number of carbonyl (C=O) groups is 1. The molecule has 9 heavy (non-hydrogen) atoms. The number of amides is 1. The SMILES string of the molecule is CN(C)C(=O)CCCI. The van der Waals surface area contributed by atoms with Crippen LogP contribution in [0.25, 0.3) is 0 Å². The number of nitrogens with zero attached hydrogens (tertiary/aromatic N) is 1. The smallest absolute Gasteiger partial charge is 0.222 e. The van der Waals surface area contributed by atoms with Gasteiger partial charge in [-0.25, -0.2) is 0 Å². The second kappa shape index (κ2) is 5.02. The molecule has 3 heteroatoms. The zero-order chi connectivity index (χ0) is 7.28. The normalized spacial score (nSPS) is 9.22. The van der Waals surface area contributed by atoms with Gasteiger partial charge in [-0.05, 0) is 6.42 Å². The van der Waals surface area contributed by atoms with Crippen molar-refractivity contribution in [2.24, 2.45) is 0 Å². The van der Waals surface area contributed by atoms with E-state index in [9.17, 15) is 4.79 Å². The van der Waals surface area contributed by atoms with Gasteiger partial charge in [-0.2, -0.15) is 0 Å². The van der Waals surface area contributed by atoms with Crippen LogP contribution in [0.2, 0.25) is 0 Å². The minimum atomic E-state index is 0.228. The Bertz CT molecular complexity index is 93.1. The molecule has 0 aliphatic heterocycles. The Kier molecular flexibility index (Phi) is 5.13. The Morgan fingerprint density at radius 1 is 1.56 bits per heavy atom. The molecule has 2 nitrogen and oxygen atoms in total. The van der Waals surface area contributed by atoms with Crippen LogP contribution in [0.3, 0.4) is 0 Å². The molecule has 0 saturated carbocycles. The van der Waals surface area contributed by atoms with Crippen LogP contribution in [-0.2, 0) is 4.79 Å². The van der Waals surface area contributed by atoms with Gasteiger partial charge in [0.1, 0.15) is 0 Å². The quantitative estimate of drug-likeness (QED) is 0.538. The van der Waals surface area contributed by atoms with Crippen LogP contribution in [0.4, 0.5) is 0 Å². The van der Waals surface area contributed by atoms with Gasteiger partial charge in [-0.3, -0.25) is 4.79 Å². The summed E-state index contributed by atoms with van der Waals surface area (Å²) in [6.07, 6.45) is 1.69. The fourth-order valence-corrected chi connectivity index (χ4v) is 0.823. The van der Waals surface area contributed by atoms with Gasteiger partial charge in [0.05, 0.1) is 0 Å². The van der Waals surface area contributed by atoms with Gasteiger partial charge < -0.3 is 4.90 Å². The molecule has 0 atom stereocenters. The van der Waals surface area contributed by atoms with Gasteiger partial charge in [0.2, 0.25) is 5.91 Å². The molecule has 0 radical (unpaired) electrons. The summed E-state index contributed by atoms with van der Waals surface area (Å²) in [6.45, 7) is 0. The molecule has 0 spiro atoms. The van der Waals surface area contributed by atoms with E-state index in [0.717, 1.165) is 10.8 Å². The molecule has 0 unspecified atom stereocenters. The third-order valence-electron chi connectivity index (χ3n) is 1.02. The molecule has 0 aliphatic rings. The van der Waals surface area contributed by atoms with Gasteiger partial charge in [0, 0.05) is 24.9 Å². The zero-order valence-electron chi connectivity index (χ0n) is 5.85. The van der Waals surface area contributed by atoms with Gasteiger partial charge >= 0.3 is 0 Å². The van der Waals surface area contributed by atoms with Crippen molar-refractivity contribution < 1.29 is 4.79 Å². The van der Waals surface area contributed by atoms with Gasteiger partial charge in [0.15, 0.2) is 0 Å². The van der Waals surface area contributed by atoms with Crippen molar-refractivity contribution in [2.45, 2.75) is 12.8 Å². The first-order chi connectivity index (χ1) is 4.18. The van der Waals surface area contributed by atoms with Crippen molar-refractivity contribution in [2.75, 3.05) is 18.5 Å². The van der Waals surface area contributed by atoms with Crippen molar-refractivity contribution in [1.29, 1.82) is 0 Å². The highest BCUT2D eigenvalue weighted by molar-refractivity contribution is 14.1. The predicted molar refractivity (Wildman–Crippen MR) is 46.8 cm³/mol. The highest BCUT2D eigenvalue weighted by Crippen LogP contribution is 1.96. The third-order valence-corrected chi connectivity index (χ3v) is 1.79. The van der Waals surface area contributed by atoms with E-state index in [0.29, 0.717) is 6.42 Å². The molecule has 0 aromatic heterocycles. The second-order valence-electron chi connectivity index (χ2n) is 2.08. The summed E-state index contributed by atoms with van der Waals surface area (Å²) in [5.74, 6) is 0.228. The van der Waals surface area contributed by atoms with Gasteiger partial charge in [-0.1, -0.05) is 22.6 Å². The molecule has 1 amide bonds. The van der Waals surface area contributed by atoms with E-state index in [-0.39, 0.29) is 5.91 Å². The van der Waals surface area contributed by atoms with Crippen molar-refractivity contribution in [1.82, 2.24) is 4.90 Å². The Balaban J connectivity index is 3.28. The summed E-state index contributed by atoms with van der Waals surface area (Å²) in [5.41, 5.74) is 0. The third kappa shape index (κ3) is 4.69. The fourth-order valence-electron chi connectivity index (χ4n) is 0.442. The number of carbonyl (C=O) groups excluding carboxylic acids is 1. The largest absolute Gasteiger partial charge is 0.349 e. The van der Waals surface area contributed by atoms with Crippen LogP contribution in [0.15, 0.2) is 0 Å². The molecular formula is C6H12INO. The van der Waals surface area contributed by atoms with E-state index in [1.165, 1.54) is 0 Å². The van der Waals surface area contributed by atoms with Crippen LogP contribution >= 0.6 is 22.6 Å². The molecule has 0 heterocycles. The molecular weight excluding hydrogens is 229 g/mol. The summed E-state index contributed by atoms with van der Waals surface area (Å²) < 4.78 is 1.07. The van der Waals surface area contributed by atoms with Crippen molar-refractivity contribution in [3.05, 3.63) is 0 Å². The zero-order valence-corrected chi connectivity index (χ0v) is 8.01. The lowest BCUT2D eigenvalue weighted by Gasteiger charge is -2.08. The summed E-state index contributed by atoms with van der Waals surface area (Å²) in [6, 6.07) is 0. The number of hydrogen-bond donors (Lipinski definition) is 0. The molecule has 0 aromatic carbocycles. The number of hydrogen-bond acceptors (Lipinski definition) is 1. The summed E-state index contributed by atoms with van der Waals surface area (Å²) in [7, 11) is 3.57. The van der Waals surface area contributed by atoms with Gasteiger partial charge in [-0.15, -0.1) is 0 Å². The lowest BCUT2D eigenvalue weighted by Crippen LogP contribution is -2.21. The molecule has 0 aromatic rings. The highest BCUT2D eigenvalue weighted by atomic mass is 127. The standard InChI is InChI=1S/C6H12INO/c1-8(2)6(9)4-3-5-7/h3-5H2,1-2H3. The molecule has 0 N–H and O–H groups in total. The van der Waals surface area contributed by atoms with Crippen molar-refractivity contribution in [3.8, 4) is 0 Å². The van der Waals surface area contributed by atoms with Crippen LogP contribution in [0, 0.1) is 0 Å². The maximum atomic E-state index is 10.8. The van der Waals surface area contributed by atoms with E-state index in [1.807, 2.05) is 0 Å². The average molecular weight is 241 g/mol. The van der Waals surface area contributed by atoms with Crippen molar-refractivity contribution in [3.63, 3.8) is 0 Å². The Hall–Kier alpha value is 0.200. The summed E-state index contributed by atoms with van der Waals surface area (Å²) >= 11 is 2.27. The van der Waals surface area contributed by atoms with Crippen LogP contribution in [0.1, 0.15) is 12.8 Å². The van der Waals surface area contributed by atoms with E-state index in [1.54, 1.807) is 19.0 Å². The number of halogens is 1. The monoisotopic (exact) mass is 241 g/mol. The first-order valence-electron chi connectivity index (χ1n) is 2.94. The maximum Gasteiger partial charge on any atom is 0.222 e. The number of rotatable bonds is 3. The average Bonchev–Trinajstić information content (AvgIpc) is 1.82. The lowest BCUT2D eigenvalue weighted by molar-refractivity contribution is -0.128. The molecule has 54 valence electrons. The minimum Gasteiger partial charge on any atom is -0.349 e. The molecule has 0 rings (SSSR count). The highest BCUT2D eigenvalue weighted by Gasteiger charge is 2.00. The second-order valence-corrected chi connectivity index (χ2v) is 3.16. The van der Waals surface area contributed by atoms with Gasteiger partial charge in [0.25, 0.3) is 0 Å². The summed E-state index contributed by atoms with van der Waals surface area (Å²) in [5, 5.41) is 0. The topological polar surface area (TPSA) is 20.3 Å². The van der Waals surface area contributed by atoms with Crippen LogP contribution < -0.4 is 0 Å². The minimum absolute atomic E-state index is 0.228.